The molecule has 6 nitrogen and oxygen atoms in total. The molecule has 1 atom stereocenters. The van der Waals surface area contributed by atoms with Gasteiger partial charge >= 0.3 is 0 Å². The first kappa shape index (κ1) is 35.6. The minimum Gasteiger partial charge on any atom is -0.356 e. The van der Waals surface area contributed by atoms with E-state index in [0.717, 1.165) is 38.6 Å². The highest BCUT2D eigenvalue weighted by atomic mass is 16.7. The van der Waals surface area contributed by atoms with E-state index >= 15 is 0 Å². The van der Waals surface area contributed by atoms with Gasteiger partial charge in [-0.1, -0.05) is 68.2 Å². The fourth-order valence-corrected chi connectivity index (χ4v) is 3.48. The Bertz CT molecular complexity index is 422. The number of ketones is 1. The van der Waals surface area contributed by atoms with Gasteiger partial charge in [-0.2, -0.15) is 0 Å². The molecule has 6 heteroatoms. The standard InChI is InChI=1S/C12H24N2O3.C10H20O.2C2H6/c1-13-7-9-16-12(5-3-2-4-6-12)17-10-8-14-11-15;1-6-8(2)10(4,5)7-9(3)11;2*1-2/h11,13H,2-10H2,1H3,(H,14,15);8H,6-7H2,1-5H3;2*1-2H3. The SMILES string of the molecule is CC.CC.CCC(C)C(C)(C)CC(C)=O.CNCCOC1(OCCNC=O)CCCCC1. The lowest BCUT2D eigenvalue weighted by atomic mass is 9.75. The van der Waals surface area contributed by atoms with Gasteiger partial charge in [0.05, 0.1) is 13.2 Å². The number of nitrogens with one attached hydrogen (secondary N) is 2. The van der Waals surface area contributed by atoms with E-state index < -0.39 is 5.79 Å². The van der Waals surface area contributed by atoms with Crippen molar-refractivity contribution in [2.75, 3.05) is 33.4 Å². The normalized spacial score (nSPS) is 15.4. The van der Waals surface area contributed by atoms with E-state index in [9.17, 15) is 9.59 Å². The summed E-state index contributed by atoms with van der Waals surface area (Å²) in [5.41, 5.74) is 0.181. The van der Waals surface area contributed by atoms with Crippen LogP contribution in [0, 0.1) is 11.3 Å². The third-order valence-electron chi connectivity index (χ3n) is 5.68. The Morgan fingerprint density at radius 3 is 1.94 bits per heavy atom. The maximum atomic E-state index is 10.9. The van der Waals surface area contributed by atoms with Crippen LogP contribution in [0.25, 0.3) is 0 Å². The average molecular weight is 461 g/mol. The number of carbonyl (C=O) groups excluding carboxylic acids is 2. The second-order valence-corrected chi connectivity index (χ2v) is 8.52. The molecule has 0 aromatic heterocycles. The molecule has 1 unspecified atom stereocenters. The van der Waals surface area contributed by atoms with Crippen LogP contribution in [-0.2, 0) is 19.1 Å². The molecule has 0 aromatic rings. The van der Waals surface area contributed by atoms with Gasteiger partial charge in [-0.25, -0.2) is 0 Å². The predicted octanol–water partition coefficient (Wildman–Crippen LogP) is 5.74. The summed E-state index contributed by atoms with van der Waals surface area (Å²) in [5.74, 6) is 0.515. The molecule has 1 amide bonds. The molecule has 1 rings (SSSR count). The molecular weight excluding hydrogens is 404 g/mol. The van der Waals surface area contributed by atoms with E-state index in [1.165, 1.54) is 6.42 Å². The lowest BCUT2D eigenvalue weighted by Gasteiger charge is -2.37. The van der Waals surface area contributed by atoms with Crippen molar-refractivity contribution in [2.45, 2.75) is 113 Å². The highest BCUT2D eigenvalue weighted by Crippen LogP contribution is 2.33. The monoisotopic (exact) mass is 460 g/mol. The maximum Gasteiger partial charge on any atom is 0.207 e. The van der Waals surface area contributed by atoms with Gasteiger partial charge in [-0.3, -0.25) is 4.79 Å². The van der Waals surface area contributed by atoms with Gasteiger partial charge in [-0.15, -0.1) is 0 Å². The molecule has 2 N–H and O–H groups in total. The molecule has 0 aromatic carbocycles. The van der Waals surface area contributed by atoms with Gasteiger partial charge in [0.15, 0.2) is 5.79 Å². The van der Waals surface area contributed by atoms with E-state index in [-0.39, 0.29) is 5.41 Å². The lowest BCUT2D eigenvalue weighted by Crippen LogP contribution is -2.41. The molecule has 0 radical (unpaired) electrons. The van der Waals surface area contributed by atoms with E-state index in [4.69, 9.17) is 9.47 Å². The van der Waals surface area contributed by atoms with Gasteiger partial charge in [0.1, 0.15) is 5.78 Å². The van der Waals surface area contributed by atoms with Crippen LogP contribution in [0.3, 0.4) is 0 Å². The predicted molar refractivity (Wildman–Crippen MR) is 137 cm³/mol. The zero-order chi connectivity index (χ0) is 25.5. The summed E-state index contributed by atoms with van der Waals surface area (Å²) in [6.07, 6.45) is 8.03. The lowest BCUT2D eigenvalue weighted by molar-refractivity contribution is -0.250. The smallest absolute Gasteiger partial charge is 0.207 e. The molecule has 1 aliphatic carbocycles. The van der Waals surface area contributed by atoms with E-state index in [2.05, 4.69) is 38.3 Å². The van der Waals surface area contributed by atoms with Crippen LogP contribution >= 0.6 is 0 Å². The topological polar surface area (TPSA) is 76.7 Å². The number of carbonyl (C=O) groups is 2. The minimum atomic E-state index is -0.417. The van der Waals surface area contributed by atoms with Crippen molar-refractivity contribution in [1.82, 2.24) is 10.6 Å². The molecule has 194 valence electrons. The molecule has 0 spiro atoms. The number of hydrogen-bond acceptors (Lipinski definition) is 5. The zero-order valence-electron chi connectivity index (χ0n) is 23.1. The Morgan fingerprint density at radius 1 is 1.03 bits per heavy atom. The molecule has 0 bridgehead atoms. The first-order valence-electron chi connectivity index (χ1n) is 12.8. The van der Waals surface area contributed by atoms with Crippen molar-refractivity contribution in [3.63, 3.8) is 0 Å². The second kappa shape index (κ2) is 23.2. The first-order chi connectivity index (χ1) is 15.2. The molecule has 0 heterocycles. The third kappa shape index (κ3) is 18.6. The summed E-state index contributed by atoms with van der Waals surface area (Å²) < 4.78 is 11.7. The quantitative estimate of drug-likeness (QED) is 0.208. The Labute approximate surface area is 200 Å². The highest BCUT2D eigenvalue weighted by Gasteiger charge is 2.33. The molecule has 0 aliphatic heterocycles. The Hall–Kier alpha value is -0.980. The van der Waals surface area contributed by atoms with Crippen molar-refractivity contribution in [3.8, 4) is 0 Å². The van der Waals surface area contributed by atoms with Gasteiger partial charge in [-0.05, 0) is 38.1 Å². The second-order valence-electron chi connectivity index (χ2n) is 8.52. The Morgan fingerprint density at radius 2 is 1.53 bits per heavy atom. The molecule has 1 saturated carbocycles. The largest absolute Gasteiger partial charge is 0.356 e. The average Bonchev–Trinajstić information content (AvgIpc) is 2.79. The molecular formula is C26H56N2O4. The van der Waals surface area contributed by atoms with Crippen LogP contribution in [0.4, 0.5) is 0 Å². The number of Topliss-reactive ketones (excluding diaryl/α,β-unsaturated/α-hetero) is 1. The van der Waals surface area contributed by atoms with Crippen LogP contribution in [0.5, 0.6) is 0 Å². The Balaban J connectivity index is -0.000000486. The summed E-state index contributed by atoms with van der Waals surface area (Å²) in [6, 6.07) is 0. The summed E-state index contributed by atoms with van der Waals surface area (Å²) in [6.45, 7) is 20.9. The summed E-state index contributed by atoms with van der Waals surface area (Å²) in [7, 11) is 1.91. The fourth-order valence-electron chi connectivity index (χ4n) is 3.48. The summed E-state index contributed by atoms with van der Waals surface area (Å²) in [5, 5.41) is 5.66. The number of likely N-dealkylation sites (N-methyl/N-ethyl adjacent to an activating group) is 1. The number of ether oxygens (including phenoxy) is 2. The van der Waals surface area contributed by atoms with Crippen molar-refractivity contribution in [3.05, 3.63) is 0 Å². The summed E-state index contributed by atoms with van der Waals surface area (Å²) >= 11 is 0. The van der Waals surface area contributed by atoms with E-state index in [1.54, 1.807) is 6.92 Å². The van der Waals surface area contributed by atoms with Crippen LogP contribution in [0.1, 0.15) is 107 Å². The van der Waals surface area contributed by atoms with Crippen LogP contribution in [-0.4, -0.2) is 51.3 Å². The minimum absolute atomic E-state index is 0.181. The Kier molecular flexibility index (Phi) is 25.8. The van der Waals surface area contributed by atoms with Crippen molar-refractivity contribution in [1.29, 1.82) is 0 Å². The molecule has 32 heavy (non-hydrogen) atoms. The van der Waals surface area contributed by atoms with E-state index in [1.807, 2.05) is 34.7 Å². The maximum absolute atomic E-state index is 10.9. The van der Waals surface area contributed by atoms with Crippen molar-refractivity contribution >= 4 is 12.2 Å². The van der Waals surface area contributed by atoms with Crippen molar-refractivity contribution in [2.24, 2.45) is 11.3 Å². The number of rotatable bonds is 13. The van der Waals surface area contributed by atoms with Crippen LogP contribution in [0.2, 0.25) is 0 Å². The number of hydrogen-bond donors (Lipinski definition) is 2. The summed E-state index contributed by atoms with van der Waals surface area (Å²) in [4.78, 5) is 21.0. The van der Waals surface area contributed by atoms with Gasteiger partial charge in [0.25, 0.3) is 0 Å². The highest BCUT2D eigenvalue weighted by molar-refractivity contribution is 5.76. The molecule has 0 saturated heterocycles. The molecule has 1 fully saturated rings. The van der Waals surface area contributed by atoms with Crippen LogP contribution in [0.15, 0.2) is 0 Å². The van der Waals surface area contributed by atoms with Crippen LogP contribution < -0.4 is 10.6 Å². The first-order valence-corrected chi connectivity index (χ1v) is 12.8. The van der Waals surface area contributed by atoms with Gasteiger partial charge in [0.2, 0.25) is 6.41 Å². The fraction of sp³-hybridized carbons (Fsp3) is 0.923. The van der Waals surface area contributed by atoms with Crippen molar-refractivity contribution < 1.29 is 19.1 Å². The molecule has 1 aliphatic rings. The van der Waals surface area contributed by atoms with Gasteiger partial charge in [0, 0.05) is 32.4 Å². The van der Waals surface area contributed by atoms with E-state index in [0.29, 0.717) is 44.3 Å². The zero-order valence-corrected chi connectivity index (χ0v) is 23.1. The third-order valence-corrected chi connectivity index (χ3v) is 5.68. The number of amides is 1. The van der Waals surface area contributed by atoms with Gasteiger partial charge < -0.3 is 24.9 Å².